The van der Waals surface area contributed by atoms with Crippen molar-refractivity contribution in [1.29, 1.82) is 0 Å². The zero-order chi connectivity index (χ0) is 15.1. The number of nitrogens with one attached hydrogen (secondary N) is 1. The predicted octanol–water partition coefficient (Wildman–Crippen LogP) is 2.37. The smallest absolute Gasteiger partial charge is 0.224 e. The zero-order valence-corrected chi connectivity index (χ0v) is 12.8. The Balaban J connectivity index is 2.49. The minimum Gasteiger partial charge on any atom is -0.356 e. The third kappa shape index (κ3) is 5.43. The molecule has 0 aromatic heterocycles. The Bertz CT molecular complexity index is 452. The molecular formula is C16H24N2O2. The molecule has 1 rings (SSSR count). The second-order valence-corrected chi connectivity index (χ2v) is 5.45. The Hall–Kier alpha value is -1.84. The maximum atomic E-state index is 11.7. The molecule has 0 saturated carbocycles. The lowest BCUT2D eigenvalue weighted by atomic mass is 10.1. The van der Waals surface area contributed by atoms with Crippen LogP contribution in [0, 0.1) is 5.92 Å². The number of carbonyl (C=O) groups excluding carboxylic acids is 2. The molecule has 0 aliphatic carbocycles. The number of nitrogens with zero attached hydrogens (tertiary/aromatic N) is 1. The molecule has 0 heterocycles. The molecule has 0 spiro atoms. The van der Waals surface area contributed by atoms with Crippen LogP contribution < -0.4 is 10.2 Å². The summed E-state index contributed by atoms with van der Waals surface area (Å²) in [6.45, 7) is 6.52. The first-order chi connectivity index (χ1) is 9.40. The van der Waals surface area contributed by atoms with Crippen molar-refractivity contribution in [3.8, 4) is 0 Å². The molecule has 0 atom stereocenters. The van der Waals surface area contributed by atoms with E-state index in [0.29, 0.717) is 12.3 Å². The number of anilines is 1. The molecule has 0 aliphatic rings. The van der Waals surface area contributed by atoms with E-state index in [1.165, 1.54) is 6.92 Å². The third-order valence-electron chi connectivity index (χ3n) is 3.20. The second-order valence-electron chi connectivity index (χ2n) is 5.45. The molecule has 1 aromatic rings. The van der Waals surface area contributed by atoms with E-state index in [0.717, 1.165) is 24.2 Å². The Morgan fingerprint density at radius 3 is 2.30 bits per heavy atom. The molecule has 110 valence electrons. The molecule has 1 aromatic carbocycles. The second kappa shape index (κ2) is 7.68. The minimum absolute atomic E-state index is 0.0100. The molecule has 0 fully saturated rings. The SMILES string of the molecule is CC(=O)N(C)c1ccc(CC(=O)NCCC(C)C)cc1. The number of benzene rings is 1. The van der Waals surface area contributed by atoms with Gasteiger partial charge >= 0.3 is 0 Å². The van der Waals surface area contributed by atoms with E-state index in [9.17, 15) is 9.59 Å². The van der Waals surface area contributed by atoms with E-state index in [-0.39, 0.29) is 11.8 Å². The highest BCUT2D eigenvalue weighted by atomic mass is 16.2. The Morgan fingerprint density at radius 2 is 1.80 bits per heavy atom. The standard InChI is InChI=1S/C16H24N2O2/c1-12(2)9-10-17-16(20)11-14-5-7-15(8-6-14)18(4)13(3)19/h5-8,12H,9-11H2,1-4H3,(H,17,20). The molecule has 1 N–H and O–H groups in total. The molecular weight excluding hydrogens is 252 g/mol. The summed E-state index contributed by atoms with van der Waals surface area (Å²) < 4.78 is 0. The maximum absolute atomic E-state index is 11.7. The van der Waals surface area contributed by atoms with Crippen LogP contribution in [0.5, 0.6) is 0 Å². The van der Waals surface area contributed by atoms with Crippen LogP contribution in [0.25, 0.3) is 0 Å². The quantitative estimate of drug-likeness (QED) is 0.867. The Kier molecular flexibility index (Phi) is 6.22. The van der Waals surface area contributed by atoms with Gasteiger partial charge in [-0.25, -0.2) is 0 Å². The maximum Gasteiger partial charge on any atom is 0.224 e. The fourth-order valence-electron chi connectivity index (χ4n) is 1.77. The number of rotatable bonds is 6. The van der Waals surface area contributed by atoms with Gasteiger partial charge in [0.15, 0.2) is 0 Å². The van der Waals surface area contributed by atoms with Gasteiger partial charge in [0.25, 0.3) is 0 Å². The Morgan fingerprint density at radius 1 is 1.20 bits per heavy atom. The molecule has 4 nitrogen and oxygen atoms in total. The van der Waals surface area contributed by atoms with Gasteiger partial charge in [-0.1, -0.05) is 26.0 Å². The van der Waals surface area contributed by atoms with Gasteiger partial charge in [0.1, 0.15) is 0 Å². The molecule has 0 bridgehead atoms. The molecule has 0 unspecified atom stereocenters. The highest BCUT2D eigenvalue weighted by Gasteiger charge is 2.07. The normalized spacial score (nSPS) is 10.4. The third-order valence-corrected chi connectivity index (χ3v) is 3.20. The van der Waals surface area contributed by atoms with E-state index in [2.05, 4.69) is 19.2 Å². The topological polar surface area (TPSA) is 49.4 Å². The minimum atomic E-state index is -0.0100. The molecule has 20 heavy (non-hydrogen) atoms. The van der Waals surface area contributed by atoms with E-state index >= 15 is 0 Å². The first-order valence-electron chi connectivity index (χ1n) is 7.00. The molecule has 4 heteroatoms. The van der Waals surface area contributed by atoms with E-state index in [1.54, 1.807) is 11.9 Å². The summed E-state index contributed by atoms with van der Waals surface area (Å²) in [6, 6.07) is 7.49. The fourth-order valence-corrected chi connectivity index (χ4v) is 1.77. The van der Waals surface area contributed by atoms with E-state index in [1.807, 2.05) is 24.3 Å². The van der Waals surface area contributed by atoms with Gasteiger partial charge in [-0.15, -0.1) is 0 Å². The van der Waals surface area contributed by atoms with Gasteiger partial charge in [0, 0.05) is 26.2 Å². The van der Waals surface area contributed by atoms with Gasteiger partial charge in [-0.2, -0.15) is 0 Å². The van der Waals surface area contributed by atoms with Gasteiger partial charge in [-0.3, -0.25) is 9.59 Å². The number of carbonyl (C=O) groups is 2. The summed E-state index contributed by atoms with van der Waals surface area (Å²) >= 11 is 0. The fraction of sp³-hybridized carbons (Fsp3) is 0.500. The molecule has 0 aliphatic heterocycles. The summed E-state index contributed by atoms with van der Waals surface area (Å²) in [5, 5.41) is 2.91. The lowest BCUT2D eigenvalue weighted by molar-refractivity contribution is -0.120. The van der Waals surface area contributed by atoms with Crippen LogP contribution in [0.2, 0.25) is 0 Å². The van der Waals surface area contributed by atoms with Crippen LogP contribution in [0.1, 0.15) is 32.8 Å². The summed E-state index contributed by atoms with van der Waals surface area (Å²) in [5.41, 5.74) is 1.79. The van der Waals surface area contributed by atoms with Crippen molar-refractivity contribution in [2.45, 2.75) is 33.6 Å². The van der Waals surface area contributed by atoms with Crippen molar-refractivity contribution in [2.24, 2.45) is 5.92 Å². The summed E-state index contributed by atoms with van der Waals surface area (Å²) in [7, 11) is 1.73. The van der Waals surface area contributed by atoms with E-state index < -0.39 is 0 Å². The predicted molar refractivity (Wildman–Crippen MR) is 81.7 cm³/mol. The van der Waals surface area contributed by atoms with Crippen LogP contribution in [-0.4, -0.2) is 25.4 Å². The summed E-state index contributed by atoms with van der Waals surface area (Å²) in [5.74, 6) is 0.624. The van der Waals surface area contributed by atoms with Gasteiger partial charge in [-0.05, 0) is 30.0 Å². The summed E-state index contributed by atoms with van der Waals surface area (Å²) in [6.07, 6.45) is 1.37. The monoisotopic (exact) mass is 276 g/mol. The summed E-state index contributed by atoms with van der Waals surface area (Å²) in [4.78, 5) is 24.6. The van der Waals surface area contributed by atoms with Crippen LogP contribution in [-0.2, 0) is 16.0 Å². The largest absolute Gasteiger partial charge is 0.356 e. The van der Waals surface area contributed by atoms with Crippen LogP contribution in [0.15, 0.2) is 24.3 Å². The molecule has 0 radical (unpaired) electrons. The van der Waals surface area contributed by atoms with Crippen LogP contribution in [0.3, 0.4) is 0 Å². The number of hydrogen-bond acceptors (Lipinski definition) is 2. The lowest BCUT2D eigenvalue weighted by Crippen LogP contribution is -2.27. The lowest BCUT2D eigenvalue weighted by Gasteiger charge is -2.15. The van der Waals surface area contributed by atoms with Crippen molar-refractivity contribution in [3.05, 3.63) is 29.8 Å². The average Bonchev–Trinajstić information content (AvgIpc) is 2.38. The van der Waals surface area contributed by atoms with Crippen LogP contribution >= 0.6 is 0 Å². The van der Waals surface area contributed by atoms with Gasteiger partial charge in [0.05, 0.1) is 6.42 Å². The highest BCUT2D eigenvalue weighted by Crippen LogP contribution is 2.14. The highest BCUT2D eigenvalue weighted by molar-refractivity contribution is 5.90. The van der Waals surface area contributed by atoms with E-state index in [4.69, 9.17) is 0 Å². The van der Waals surface area contributed by atoms with Gasteiger partial charge in [0.2, 0.25) is 11.8 Å². The first kappa shape index (κ1) is 16.2. The first-order valence-corrected chi connectivity index (χ1v) is 7.00. The number of amides is 2. The van der Waals surface area contributed by atoms with Crippen molar-refractivity contribution in [3.63, 3.8) is 0 Å². The Labute approximate surface area is 121 Å². The van der Waals surface area contributed by atoms with Crippen molar-refractivity contribution >= 4 is 17.5 Å². The zero-order valence-electron chi connectivity index (χ0n) is 12.8. The molecule has 2 amide bonds. The van der Waals surface area contributed by atoms with Crippen molar-refractivity contribution in [1.82, 2.24) is 5.32 Å². The van der Waals surface area contributed by atoms with Crippen LogP contribution in [0.4, 0.5) is 5.69 Å². The van der Waals surface area contributed by atoms with Crippen molar-refractivity contribution in [2.75, 3.05) is 18.5 Å². The van der Waals surface area contributed by atoms with Crippen molar-refractivity contribution < 1.29 is 9.59 Å². The number of hydrogen-bond donors (Lipinski definition) is 1. The average molecular weight is 276 g/mol. The van der Waals surface area contributed by atoms with Gasteiger partial charge < -0.3 is 10.2 Å². The molecule has 0 saturated heterocycles.